The zero-order valence-electron chi connectivity index (χ0n) is 9.61. The Morgan fingerprint density at radius 3 is 2.62 bits per heavy atom. The van der Waals surface area contributed by atoms with Crippen molar-refractivity contribution in [3.8, 4) is 0 Å². The lowest BCUT2D eigenvalue weighted by Crippen LogP contribution is -2.36. The highest BCUT2D eigenvalue weighted by Gasteiger charge is 2.15. The molecule has 0 aliphatic rings. The number of rotatable bonds is 6. The Morgan fingerprint density at radius 1 is 1.50 bits per heavy atom. The van der Waals surface area contributed by atoms with Gasteiger partial charge in [0.2, 0.25) is 0 Å². The van der Waals surface area contributed by atoms with E-state index in [-0.39, 0.29) is 18.2 Å². The molecule has 1 heterocycles. The summed E-state index contributed by atoms with van der Waals surface area (Å²) < 4.78 is 0.776. The maximum absolute atomic E-state index is 9.29. The molecule has 5 heteroatoms. The third-order valence-electron chi connectivity index (χ3n) is 2.35. The molecule has 3 atom stereocenters. The van der Waals surface area contributed by atoms with Crippen molar-refractivity contribution >= 4 is 22.9 Å². The van der Waals surface area contributed by atoms with E-state index in [1.54, 1.807) is 18.3 Å². The van der Waals surface area contributed by atoms with Gasteiger partial charge in [-0.3, -0.25) is 0 Å². The first-order valence-corrected chi connectivity index (χ1v) is 6.61. The Hall–Kier alpha value is -0.130. The number of halogens is 1. The van der Waals surface area contributed by atoms with Crippen molar-refractivity contribution < 1.29 is 5.11 Å². The number of aliphatic hydroxyl groups excluding tert-OH is 1. The predicted molar refractivity (Wildman–Crippen MR) is 70.0 cm³/mol. The van der Waals surface area contributed by atoms with E-state index >= 15 is 0 Å². The largest absolute Gasteiger partial charge is 0.393 e. The molecule has 1 rings (SSSR count). The van der Waals surface area contributed by atoms with E-state index in [1.165, 1.54) is 0 Å². The van der Waals surface area contributed by atoms with Crippen LogP contribution in [0.4, 0.5) is 0 Å². The molecule has 0 amide bonds. The molecule has 0 saturated carbocycles. The summed E-state index contributed by atoms with van der Waals surface area (Å²) in [6.45, 7) is 4.36. The third-order valence-corrected chi connectivity index (χ3v) is 3.70. The lowest BCUT2D eigenvalue weighted by Gasteiger charge is -2.22. The van der Waals surface area contributed by atoms with Gasteiger partial charge in [0.05, 0.1) is 16.5 Å². The minimum Gasteiger partial charge on any atom is -0.393 e. The van der Waals surface area contributed by atoms with Crippen LogP contribution in [0.2, 0.25) is 4.34 Å². The van der Waals surface area contributed by atoms with Crippen molar-refractivity contribution in [3.63, 3.8) is 0 Å². The van der Waals surface area contributed by atoms with Gasteiger partial charge in [-0.05, 0) is 32.4 Å². The van der Waals surface area contributed by atoms with Crippen molar-refractivity contribution in [1.82, 2.24) is 5.32 Å². The first-order valence-electron chi connectivity index (χ1n) is 5.42. The molecule has 1 aromatic rings. The van der Waals surface area contributed by atoms with Gasteiger partial charge in [0.15, 0.2) is 0 Å². The van der Waals surface area contributed by atoms with Crippen LogP contribution < -0.4 is 11.1 Å². The molecule has 3 unspecified atom stereocenters. The summed E-state index contributed by atoms with van der Waals surface area (Å²) in [5.74, 6) is 0. The van der Waals surface area contributed by atoms with Crippen LogP contribution in [0.5, 0.6) is 0 Å². The molecule has 0 fully saturated rings. The minimum absolute atomic E-state index is 0.117. The summed E-state index contributed by atoms with van der Waals surface area (Å²) in [5.41, 5.74) is 5.73. The van der Waals surface area contributed by atoms with Crippen molar-refractivity contribution in [1.29, 1.82) is 0 Å². The molecule has 0 saturated heterocycles. The zero-order chi connectivity index (χ0) is 12.1. The highest BCUT2D eigenvalue weighted by molar-refractivity contribution is 7.16. The second-order valence-electron chi connectivity index (χ2n) is 4.08. The maximum atomic E-state index is 9.29. The number of nitrogens with two attached hydrogens (primary N) is 1. The molecular weight excluding hydrogens is 244 g/mol. The lowest BCUT2D eigenvalue weighted by atomic mass is 10.1. The van der Waals surface area contributed by atoms with Gasteiger partial charge in [-0.15, -0.1) is 11.3 Å². The van der Waals surface area contributed by atoms with E-state index in [4.69, 9.17) is 17.3 Å². The van der Waals surface area contributed by atoms with Crippen LogP contribution in [-0.4, -0.2) is 23.8 Å². The van der Waals surface area contributed by atoms with Gasteiger partial charge in [0.1, 0.15) is 0 Å². The number of nitrogens with one attached hydrogen (secondary N) is 1. The Kier molecular flexibility index (Phi) is 5.72. The Labute approximate surface area is 106 Å². The van der Waals surface area contributed by atoms with Gasteiger partial charge in [0.25, 0.3) is 0 Å². The topological polar surface area (TPSA) is 58.3 Å². The number of thiophene rings is 1. The number of aliphatic hydroxyl groups is 1. The fourth-order valence-electron chi connectivity index (χ4n) is 1.71. The smallest absolute Gasteiger partial charge is 0.0931 e. The van der Waals surface area contributed by atoms with Crippen LogP contribution in [0.3, 0.4) is 0 Å². The van der Waals surface area contributed by atoms with Crippen molar-refractivity contribution in [2.24, 2.45) is 5.73 Å². The molecule has 0 aromatic carbocycles. The van der Waals surface area contributed by atoms with Crippen LogP contribution in [0.1, 0.15) is 31.2 Å². The first-order chi connectivity index (χ1) is 7.52. The summed E-state index contributed by atoms with van der Waals surface area (Å²) in [5, 5.41) is 12.7. The van der Waals surface area contributed by atoms with Crippen LogP contribution in [0.25, 0.3) is 0 Å². The summed E-state index contributed by atoms with van der Waals surface area (Å²) >= 11 is 7.43. The molecule has 0 spiro atoms. The number of hydrogen-bond acceptors (Lipinski definition) is 4. The van der Waals surface area contributed by atoms with Crippen LogP contribution in [-0.2, 0) is 0 Å². The van der Waals surface area contributed by atoms with E-state index in [0.29, 0.717) is 6.54 Å². The molecule has 0 bridgehead atoms. The monoisotopic (exact) mass is 262 g/mol. The SMILES string of the molecule is CC(O)CC(C)NC(CN)c1ccc(Cl)s1. The average Bonchev–Trinajstić information content (AvgIpc) is 2.60. The normalized spacial score (nSPS) is 17.1. The molecule has 3 nitrogen and oxygen atoms in total. The fourth-order valence-corrected chi connectivity index (χ4v) is 2.84. The minimum atomic E-state index is -0.298. The molecule has 4 N–H and O–H groups in total. The van der Waals surface area contributed by atoms with Gasteiger partial charge in [-0.1, -0.05) is 11.6 Å². The Bertz CT molecular complexity index is 317. The second-order valence-corrected chi connectivity index (χ2v) is 5.83. The molecule has 0 aliphatic carbocycles. The molecule has 1 aromatic heterocycles. The number of hydrogen-bond donors (Lipinski definition) is 3. The maximum Gasteiger partial charge on any atom is 0.0931 e. The highest BCUT2D eigenvalue weighted by atomic mass is 35.5. The van der Waals surface area contributed by atoms with Gasteiger partial charge in [-0.2, -0.15) is 0 Å². The quantitative estimate of drug-likeness (QED) is 0.736. The summed E-state index contributed by atoms with van der Waals surface area (Å²) in [6, 6.07) is 4.22. The van der Waals surface area contributed by atoms with Crippen molar-refractivity contribution in [2.45, 2.75) is 38.5 Å². The predicted octanol–water partition coefficient (Wildman–Crippen LogP) is 2.15. The van der Waals surface area contributed by atoms with Crippen LogP contribution in [0.15, 0.2) is 12.1 Å². The van der Waals surface area contributed by atoms with E-state index in [2.05, 4.69) is 5.32 Å². The van der Waals surface area contributed by atoms with Gasteiger partial charge in [0, 0.05) is 17.5 Å². The summed E-state index contributed by atoms with van der Waals surface area (Å²) in [6.07, 6.45) is 0.420. The second kappa shape index (κ2) is 6.57. The standard InChI is InChI=1S/C11H19ClN2OS/c1-7(5-8(2)15)14-9(6-13)10-3-4-11(12)16-10/h3-4,7-9,14-15H,5-6,13H2,1-2H3. The summed E-state index contributed by atoms with van der Waals surface area (Å²) in [4.78, 5) is 1.14. The highest BCUT2D eigenvalue weighted by Crippen LogP contribution is 2.26. The summed E-state index contributed by atoms with van der Waals surface area (Å²) in [7, 11) is 0. The van der Waals surface area contributed by atoms with E-state index in [9.17, 15) is 5.11 Å². The van der Waals surface area contributed by atoms with E-state index < -0.39 is 0 Å². The zero-order valence-corrected chi connectivity index (χ0v) is 11.2. The van der Waals surface area contributed by atoms with Gasteiger partial charge < -0.3 is 16.2 Å². The molecule has 0 aliphatic heterocycles. The van der Waals surface area contributed by atoms with Crippen molar-refractivity contribution in [3.05, 3.63) is 21.3 Å². The molecule has 16 heavy (non-hydrogen) atoms. The van der Waals surface area contributed by atoms with Crippen LogP contribution >= 0.6 is 22.9 Å². The lowest BCUT2D eigenvalue weighted by molar-refractivity contribution is 0.168. The van der Waals surface area contributed by atoms with Gasteiger partial charge >= 0.3 is 0 Å². The van der Waals surface area contributed by atoms with Crippen molar-refractivity contribution in [2.75, 3.05) is 6.54 Å². The fraction of sp³-hybridized carbons (Fsp3) is 0.636. The van der Waals surface area contributed by atoms with E-state index in [1.807, 2.05) is 19.1 Å². The molecule has 92 valence electrons. The average molecular weight is 263 g/mol. The molecular formula is C11H19ClN2OS. The van der Waals surface area contributed by atoms with E-state index in [0.717, 1.165) is 15.6 Å². The first kappa shape index (κ1) is 13.9. The Morgan fingerprint density at radius 2 is 2.19 bits per heavy atom. The molecule has 0 radical (unpaired) electrons. The van der Waals surface area contributed by atoms with Crippen LogP contribution in [0, 0.1) is 0 Å². The van der Waals surface area contributed by atoms with Gasteiger partial charge in [-0.25, -0.2) is 0 Å². The Balaban J connectivity index is 2.55. The third kappa shape index (κ3) is 4.39.